The molecular weight excluding hydrogens is 306 g/mol. The molecule has 0 aliphatic carbocycles. The van der Waals surface area contributed by atoms with Crippen molar-refractivity contribution < 1.29 is 19.4 Å². The van der Waals surface area contributed by atoms with Crippen molar-refractivity contribution >= 4 is 5.97 Å². The molecule has 0 bridgehead atoms. The summed E-state index contributed by atoms with van der Waals surface area (Å²) in [5.41, 5.74) is 0.987. The van der Waals surface area contributed by atoms with Crippen LogP contribution in [0.5, 0.6) is 0 Å². The quantitative estimate of drug-likeness (QED) is 0.525. The average Bonchev–Trinajstić information content (AvgIpc) is 2.98. The minimum Gasteiger partial charge on any atom is -0.461 e. The van der Waals surface area contributed by atoms with E-state index in [-0.39, 0.29) is 5.97 Å². The number of esters is 1. The molecule has 1 aliphatic rings. The van der Waals surface area contributed by atoms with Gasteiger partial charge in [-0.15, -0.1) is 0 Å². The van der Waals surface area contributed by atoms with E-state index < -0.39 is 6.10 Å². The van der Waals surface area contributed by atoms with Crippen molar-refractivity contribution in [1.82, 2.24) is 4.90 Å². The number of aliphatic hydroxyl groups is 1. The third-order valence-corrected chi connectivity index (χ3v) is 4.36. The zero-order chi connectivity index (χ0) is 17.2. The molecule has 1 aromatic carbocycles. The molecule has 0 aromatic heterocycles. The number of likely N-dealkylation sites (tertiary alicyclic amines) is 1. The molecule has 1 aliphatic heterocycles. The van der Waals surface area contributed by atoms with Gasteiger partial charge in [0.1, 0.15) is 6.61 Å². The lowest BCUT2D eigenvalue weighted by molar-refractivity contribution is -0.145. The zero-order valence-corrected chi connectivity index (χ0v) is 14.5. The van der Waals surface area contributed by atoms with Crippen LogP contribution in [0, 0.1) is 0 Å². The van der Waals surface area contributed by atoms with E-state index in [9.17, 15) is 9.90 Å². The highest BCUT2D eigenvalue weighted by molar-refractivity contribution is 5.69. The van der Waals surface area contributed by atoms with Crippen LogP contribution in [-0.2, 0) is 20.9 Å². The molecule has 1 N–H and O–H groups in total. The van der Waals surface area contributed by atoms with E-state index in [0.29, 0.717) is 45.2 Å². The Hall–Kier alpha value is -1.43. The fraction of sp³-hybridized carbons (Fsp3) is 0.632. The summed E-state index contributed by atoms with van der Waals surface area (Å²) >= 11 is 0. The first kappa shape index (κ1) is 18.9. The maximum absolute atomic E-state index is 11.6. The molecule has 1 heterocycles. The van der Waals surface area contributed by atoms with E-state index in [4.69, 9.17) is 9.47 Å². The molecule has 0 unspecified atom stereocenters. The minimum atomic E-state index is -0.462. The van der Waals surface area contributed by atoms with Gasteiger partial charge in [-0.25, -0.2) is 0 Å². The SMILES string of the molecule is C[C@H]1CCCN1C[C@@H](O)COCCCC(=O)OCc1ccccc1. The molecule has 0 spiro atoms. The van der Waals surface area contributed by atoms with E-state index in [2.05, 4.69) is 11.8 Å². The number of benzene rings is 1. The number of ether oxygens (including phenoxy) is 2. The Kier molecular flexibility index (Phi) is 8.22. The van der Waals surface area contributed by atoms with Gasteiger partial charge in [0, 0.05) is 25.6 Å². The summed E-state index contributed by atoms with van der Waals surface area (Å²) in [6.07, 6.45) is 2.90. The number of carbonyl (C=O) groups is 1. The lowest BCUT2D eigenvalue weighted by Crippen LogP contribution is -2.36. The Morgan fingerprint density at radius 2 is 2.17 bits per heavy atom. The average molecular weight is 335 g/mol. The molecule has 0 amide bonds. The van der Waals surface area contributed by atoms with Crippen LogP contribution in [0.25, 0.3) is 0 Å². The van der Waals surface area contributed by atoms with Crippen LogP contribution in [0.15, 0.2) is 30.3 Å². The maximum atomic E-state index is 11.6. The van der Waals surface area contributed by atoms with Gasteiger partial charge in [0.05, 0.1) is 12.7 Å². The molecule has 5 nitrogen and oxygen atoms in total. The third kappa shape index (κ3) is 6.99. The van der Waals surface area contributed by atoms with Crippen molar-refractivity contribution in [3.63, 3.8) is 0 Å². The van der Waals surface area contributed by atoms with Crippen molar-refractivity contribution in [1.29, 1.82) is 0 Å². The maximum Gasteiger partial charge on any atom is 0.306 e. The molecule has 1 saturated heterocycles. The monoisotopic (exact) mass is 335 g/mol. The number of rotatable bonds is 10. The fourth-order valence-corrected chi connectivity index (χ4v) is 2.94. The first-order valence-corrected chi connectivity index (χ1v) is 8.84. The van der Waals surface area contributed by atoms with Crippen molar-refractivity contribution in [2.75, 3.05) is 26.3 Å². The number of β-amino-alcohol motifs (C(OH)–C–C–N with tert-alkyl or cyclic N) is 1. The molecule has 24 heavy (non-hydrogen) atoms. The van der Waals surface area contributed by atoms with Crippen LogP contribution in [0.3, 0.4) is 0 Å². The Morgan fingerprint density at radius 3 is 2.88 bits per heavy atom. The minimum absolute atomic E-state index is 0.214. The molecule has 134 valence electrons. The Balaban J connectivity index is 1.47. The summed E-state index contributed by atoms with van der Waals surface area (Å²) in [6.45, 7) is 5.02. The summed E-state index contributed by atoms with van der Waals surface area (Å²) in [5.74, 6) is -0.214. The Labute approximate surface area is 144 Å². The zero-order valence-electron chi connectivity index (χ0n) is 14.5. The summed E-state index contributed by atoms with van der Waals surface area (Å²) < 4.78 is 10.7. The molecule has 2 rings (SSSR count). The van der Waals surface area contributed by atoms with Gasteiger partial charge >= 0.3 is 5.97 Å². The smallest absolute Gasteiger partial charge is 0.306 e. The standard InChI is InChI=1S/C19H29NO4/c1-16-7-5-11-20(16)13-18(21)15-23-12-6-10-19(22)24-14-17-8-3-2-4-9-17/h2-4,8-9,16,18,21H,5-7,10-15H2,1H3/t16-,18+/m0/s1. The summed E-state index contributed by atoms with van der Waals surface area (Å²) in [4.78, 5) is 13.9. The predicted octanol–water partition coefficient (Wildman–Crippen LogP) is 2.37. The topological polar surface area (TPSA) is 59.0 Å². The number of hydrogen-bond acceptors (Lipinski definition) is 5. The van der Waals surface area contributed by atoms with Crippen LogP contribution in [-0.4, -0.2) is 54.4 Å². The van der Waals surface area contributed by atoms with Gasteiger partial charge in [-0.05, 0) is 38.3 Å². The highest BCUT2D eigenvalue weighted by Gasteiger charge is 2.22. The van der Waals surface area contributed by atoms with Crippen LogP contribution in [0.1, 0.15) is 38.2 Å². The highest BCUT2D eigenvalue weighted by atomic mass is 16.5. The van der Waals surface area contributed by atoms with Crippen LogP contribution < -0.4 is 0 Å². The molecular formula is C19H29NO4. The predicted molar refractivity (Wildman–Crippen MR) is 92.6 cm³/mol. The molecule has 1 aromatic rings. The second kappa shape index (κ2) is 10.4. The van der Waals surface area contributed by atoms with Crippen molar-refractivity contribution in [3.8, 4) is 0 Å². The lowest BCUT2D eigenvalue weighted by atomic mass is 10.2. The first-order valence-electron chi connectivity index (χ1n) is 8.84. The van der Waals surface area contributed by atoms with E-state index in [1.807, 2.05) is 30.3 Å². The van der Waals surface area contributed by atoms with Crippen LogP contribution in [0.4, 0.5) is 0 Å². The second-order valence-electron chi connectivity index (χ2n) is 6.46. The van der Waals surface area contributed by atoms with Gasteiger partial charge in [-0.1, -0.05) is 30.3 Å². The number of nitrogens with zero attached hydrogens (tertiary/aromatic N) is 1. The van der Waals surface area contributed by atoms with Crippen molar-refractivity contribution in [3.05, 3.63) is 35.9 Å². The molecule has 5 heteroatoms. The van der Waals surface area contributed by atoms with Gasteiger partial charge < -0.3 is 14.6 Å². The third-order valence-electron chi connectivity index (χ3n) is 4.36. The van der Waals surface area contributed by atoms with Crippen LogP contribution in [0.2, 0.25) is 0 Å². The summed E-state index contributed by atoms with van der Waals surface area (Å²) in [6, 6.07) is 10.2. The van der Waals surface area contributed by atoms with Gasteiger partial charge in [0.2, 0.25) is 0 Å². The van der Waals surface area contributed by atoms with Gasteiger partial charge in [0.25, 0.3) is 0 Å². The second-order valence-corrected chi connectivity index (χ2v) is 6.46. The van der Waals surface area contributed by atoms with E-state index >= 15 is 0 Å². The van der Waals surface area contributed by atoms with Crippen molar-refractivity contribution in [2.24, 2.45) is 0 Å². The van der Waals surface area contributed by atoms with Gasteiger partial charge in [0.15, 0.2) is 0 Å². The highest BCUT2D eigenvalue weighted by Crippen LogP contribution is 2.16. The molecule has 2 atom stereocenters. The largest absolute Gasteiger partial charge is 0.461 e. The Morgan fingerprint density at radius 1 is 1.38 bits per heavy atom. The Bertz CT molecular complexity index is 480. The van der Waals surface area contributed by atoms with E-state index in [1.165, 1.54) is 12.8 Å². The fourth-order valence-electron chi connectivity index (χ4n) is 2.94. The molecule has 0 saturated carbocycles. The normalized spacial score (nSPS) is 19.3. The number of aliphatic hydroxyl groups excluding tert-OH is 1. The van der Waals surface area contributed by atoms with E-state index in [0.717, 1.165) is 12.1 Å². The summed E-state index contributed by atoms with van der Waals surface area (Å²) in [7, 11) is 0. The van der Waals surface area contributed by atoms with E-state index in [1.54, 1.807) is 0 Å². The van der Waals surface area contributed by atoms with Crippen LogP contribution >= 0.6 is 0 Å². The number of hydrogen-bond donors (Lipinski definition) is 1. The molecule has 1 fully saturated rings. The van der Waals surface area contributed by atoms with Crippen molar-refractivity contribution in [2.45, 2.75) is 51.4 Å². The first-order chi connectivity index (χ1) is 11.6. The molecule has 0 radical (unpaired) electrons. The van der Waals surface area contributed by atoms with Gasteiger partial charge in [-0.2, -0.15) is 0 Å². The lowest BCUT2D eigenvalue weighted by Gasteiger charge is -2.23. The van der Waals surface area contributed by atoms with Gasteiger partial charge in [-0.3, -0.25) is 9.69 Å². The summed E-state index contributed by atoms with van der Waals surface area (Å²) in [5, 5.41) is 9.99. The number of carbonyl (C=O) groups excluding carboxylic acids is 1.